The number of carbonyl (C=O) groups is 2. The summed E-state index contributed by atoms with van der Waals surface area (Å²) < 4.78 is 7.81. The number of amides is 1. The molecule has 0 bridgehead atoms. The van der Waals surface area contributed by atoms with Gasteiger partial charge >= 0.3 is 12.1 Å². The summed E-state index contributed by atoms with van der Waals surface area (Å²) in [7, 11) is 0. The van der Waals surface area contributed by atoms with Gasteiger partial charge in [-0.2, -0.15) is 0 Å². The molecule has 4 atom stereocenters. The van der Waals surface area contributed by atoms with Gasteiger partial charge in [0.05, 0.1) is 17.9 Å². The van der Waals surface area contributed by atoms with Crippen LogP contribution in [0, 0.1) is 5.92 Å². The Balaban J connectivity index is 1.39. The van der Waals surface area contributed by atoms with Crippen LogP contribution in [0.15, 0.2) is 60.9 Å². The van der Waals surface area contributed by atoms with Crippen LogP contribution < -0.4 is 5.32 Å². The molecular weight excluding hydrogens is 540 g/mol. The fraction of sp³-hybridized carbons (Fsp3) is 0.514. The number of imidazole rings is 1. The number of carboxylic acids is 1. The Morgan fingerprint density at radius 2 is 1.70 bits per heavy atom. The number of fused-ring (bicyclic) bond motifs is 3. The predicted octanol–water partition coefficient (Wildman–Crippen LogP) is 6.16. The first-order chi connectivity index (χ1) is 20.6. The number of aromatic nitrogens is 2. The molecule has 1 saturated heterocycles. The minimum Gasteiger partial charge on any atom is -0.481 e. The molecular formula is C35H46N4O4. The summed E-state index contributed by atoms with van der Waals surface area (Å²) in [4.78, 5) is 33.0. The van der Waals surface area contributed by atoms with E-state index in [0.717, 1.165) is 61.4 Å². The summed E-state index contributed by atoms with van der Waals surface area (Å²) in [5, 5.41) is 13.6. The zero-order valence-corrected chi connectivity index (χ0v) is 26.0. The third-order valence-corrected chi connectivity index (χ3v) is 9.01. The molecule has 2 aliphatic heterocycles. The van der Waals surface area contributed by atoms with Crippen LogP contribution in [0.1, 0.15) is 81.8 Å². The largest absolute Gasteiger partial charge is 0.481 e. The van der Waals surface area contributed by atoms with Gasteiger partial charge in [-0.25, -0.2) is 9.78 Å². The Bertz CT molecular complexity index is 1390. The van der Waals surface area contributed by atoms with Gasteiger partial charge in [0.25, 0.3) is 0 Å². The second-order valence-corrected chi connectivity index (χ2v) is 13.1. The lowest BCUT2D eigenvalue weighted by molar-refractivity contribution is -0.142. The molecule has 43 heavy (non-hydrogen) atoms. The molecule has 3 unspecified atom stereocenters. The Morgan fingerprint density at radius 1 is 1.00 bits per heavy atom. The summed E-state index contributed by atoms with van der Waals surface area (Å²) in [5.41, 5.74) is 4.85. The van der Waals surface area contributed by atoms with Gasteiger partial charge in [-0.3, -0.25) is 9.69 Å². The van der Waals surface area contributed by atoms with Crippen molar-refractivity contribution in [3.63, 3.8) is 0 Å². The van der Waals surface area contributed by atoms with E-state index in [9.17, 15) is 14.7 Å². The van der Waals surface area contributed by atoms with Crippen molar-refractivity contribution in [3.8, 4) is 5.69 Å². The van der Waals surface area contributed by atoms with Gasteiger partial charge in [-0.1, -0.05) is 48.5 Å². The molecule has 0 aliphatic carbocycles. The molecule has 8 heteroatoms. The predicted molar refractivity (Wildman–Crippen MR) is 168 cm³/mol. The fourth-order valence-electron chi connectivity index (χ4n) is 6.89. The molecule has 1 aromatic heterocycles. The van der Waals surface area contributed by atoms with E-state index in [4.69, 9.17) is 9.72 Å². The van der Waals surface area contributed by atoms with Gasteiger partial charge in [-0.15, -0.1) is 0 Å². The van der Waals surface area contributed by atoms with E-state index in [0.29, 0.717) is 19.3 Å². The van der Waals surface area contributed by atoms with Crippen molar-refractivity contribution < 1.29 is 19.4 Å². The van der Waals surface area contributed by atoms with Gasteiger partial charge in [0, 0.05) is 35.8 Å². The number of nitrogens with one attached hydrogen (secondary N) is 1. The van der Waals surface area contributed by atoms with E-state index < -0.39 is 23.6 Å². The number of alkyl carbamates (subject to hydrolysis) is 1. The molecule has 2 N–H and O–H groups in total. The van der Waals surface area contributed by atoms with Crippen molar-refractivity contribution in [2.45, 2.75) is 96.2 Å². The van der Waals surface area contributed by atoms with Crippen molar-refractivity contribution in [3.05, 3.63) is 83.4 Å². The molecule has 3 heterocycles. The monoisotopic (exact) mass is 586 g/mol. The molecule has 8 nitrogen and oxygen atoms in total. The van der Waals surface area contributed by atoms with Gasteiger partial charge in [-0.05, 0) is 96.5 Å². The number of carboxylic acid groups (broad SMARTS) is 1. The second kappa shape index (κ2) is 13.3. The van der Waals surface area contributed by atoms with Crippen LogP contribution in [0.5, 0.6) is 0 Å². The molecule has 230 valence electrons. The molecule has 2 aromatic carbocycles. The van der Waals surface area contributed by atoms with Crippen molar-refractivity contribution in [1.29, 1.82) is 0 Å². The summed E-state index contributed by atoms with van der Waals surface area (Å²) in [6.45, 7) is 9.84. The van der Waals surface area contributed by atoms with Crippen molar-refractivity contribution >= 4 is 12.1 Å². The van der Waals surface area contributed by atoms with E-state index in [1.54, 1.807) is 0 Å². The van der Waals surface area contributed by atoms with Crippen molar-refractivity contribution in [1.82, 2.24) is 19.8 Å². The van der Waals surface area contributed by atoms with Crippen LogP contribution in [0.2, 0.25) is 0 Å². The molecule has 3 aromatic rings. The average molecular weight is 587 g/mol. The van der Waals surface area contributed by atoms with Gasteiger partial charge in [0.1, 0.15) is 5.60 Å². The maximum atomic E-state index is 13.2. The van der Waals surface area contributed by atoms with Crippen LogP contribution in [-0.2, 0) is 28.8 Å². The lowest BCUT2D eigenvalue weighted by Crippen LogP contribution is -2.49. The highest BCUT2D eigenvalue weighted by atomic mass is 16.6. The van der Waals surface area contributed by atoms with Crippen LogP contribution in [0.4, 0.5) is 4.79 Å². The second-order valence-electron chi connectivity index (χ2n) is 13.1. The van der Waals surface area contributed by atoms with Crippen LogP contribution in [-0.4, -0.2) is 62.4 Å². The third-order valence-electron chi connectivity index (χ3n) is 9.01. The molecule has 1 amide bonds. The van der Waals surface area contributed by atoms with Crippen LogP contribution in [0.25, 0.3) is 5.69 Å². The highest BCUT2D eigenvalue weighted by Gasteiger charge is 2.36. The first-order valence-electron chi connectivity index (χ1n) is 15.8. The number of hydrogen-bond acceptors (Lipinski definition) is 5. The topological polar surface area (TPSA) is 96.7 Å². The number of aliphatic carboxylic acids is 1. The zero-order valence-electron chi connectivity index (χ0n) is 26.0. The Hall–Kier alpha value is -3.65. The highest BCUT2D eigenvalue weighted by Crippen LogP contribution is 2.33. The van der Waals surface area contributed by atoms with Crippen LogP contribution >= 0.6 is 0 Å². The van der Waals surface area contributed by atoms with Gasteiger partial charge in [0.2, 0.25) is 0 Å². The number of aryl methyl sites for hydroxylation is 1. The number of ether oxygens (including phenoxy) is 1. The maximum Gasteiger partial charge on any atom is 0.407 e. The number of para-hydroxylation sites is 1. The van der Waals surface area contributed by atoms with Crippen LogP contribution in [0.3, 0.4) is 0 Å². The first kappa shape index (κ1) is 30.8. The molecule has 5 rings (SSSR count). The van der Waals surface area contributed by atoms with Crippen molar-refractivity contribution in [2.75, 3.05) is 13.1 Å². The number of benzene rings is 2. The molecule has 0 radical (unpaired) electrons. The Labute approximate surface area is 255 Å². The number of nitrogens with zero attached hydrogens (tertiary/aromatic N) is 3. The Kier molecular flexibility index (Phi) is 9.55. The highest BCUT2D eigenvalue weighted by molar-refractivity contribution is 5.70. The third kappa shape index (κ3) is 7.47. The lowest BCUT2D eigenvalue weighted by atomic mass is 9.81. The van der Waals surface area contributed by atoms with E-state index in [1.807, 2.05) is 51.4 Å². The van der Waals surface area contributed by atoms with Gasteiger partial charge in [0.15, 0.2) is 0 Å². The van der Waals surface area contributed by atoms with Gasteiger partial charge < -0.3 is 19.7 Å². The number of rotatable bonds is 11. The summed E-state index contributed by atoms with van der Waals surface area (Å²) in [6.07, 6.45) is 6.72. The summed E-state index contributed by atoms with van der Waals surface area (Å²) in [5.74, 6) is -1.49. The van der Waals surface area contributed by atoms with E-state index in [-0.39, 0.29) is 18.0 Å². The zero-order chi connectivity index (χ0) is 30.6. The lowest BCUT2D eigenvalue weighted by Gasteiger charge is -2.38. The molecule has 2 aliphatic rings. The van der Waals surface area contributed by atoms with E-state index in [2.05, 4.69) is 52.0 Å². The quantitative estimate of drug-likeness (QED) is 0.280. The van der Waals surface area contributed by atoms with E-state index in [1.165, 1.54) is 5.56 Å². The normalized spacial score (nSPS) is 17.8. The molecule has 1 fully saturated rings. The first-order valence-corrected chi connectivity index (χ1v) is 15.8. The molecule has 0 spiro atoms. The fourth-order valence-corrected chi connectivity index (χ4v) is 6.89. The minimum atomic E-state index is -0.835. The number of likely N-dealkylation sites (tertiary alicyclic amines) is 1. The average Bonchev–Trinajstić information content (AvgIpc) is 3.65. The SMILES string of the molecule is CC(C(c1ccccc1)C(CC[C@@H](Cc1ncn2c1CCc1ccccc1-2)C(=O)O)NC(=O)OC(C)(C)C)N1CCCC1. The standard InChI is InChI=1S/C35H46N4O4/c1-24(38-20-10-11-21-38)32(26-13-6-5-7-14-26)28(37-34(42)43-35(2,3)4)18-16-27(33(40)41)22-29-31-19-17-25-12-8-9-15-30(25)39(31)23-36-29/h5-9,12-15,23-24,27-28,32H,10-11,16-22H2,1-4H3,(H,37,42)(H,40,41)/t24?,27-,28?,32?/m0/s1. The van der Waals surface area contributed by atoms with E-state index >= 15 is 0 Å². The van der Waals surface area contributed by atoms with Crippen molar-refractivity contribution in [2.24, 2.45) is 5.92 Å². The minimum absolute atomic E-state index is 0.0295. The number of carbonyl (C=O) groups excluding carboxylic acids is 1. The maximum absolute atomic E-state index is 13.2. The number of hydrogen-bond donors (Lipinski definition) is 2. The smallest absolute Gasteiger partial charge is 0.407 e. The summed E-state index contributed by atoms with van der Waals surface area (Å²) in [6, 6.07) is 18.5. The Morgan fingerprint density at radius 3 is 2.40 bits per heavy atom. The summed E-state index contributed by atoms with van der Waals surface area (Å²) >= 11 is 0. The molecule has 0 saturated carbocycles.